The summed E-state index contributed by atoms with van der Waals surface area (Å²) in [5, 5.41) is 3.01. The molecular formula is C57H34N6. The standard InChI is InChI=1S/C57H34N6/c1-3-15-36(16-4-1)51-44-31-28-35-26-27-38(33-45(35)52(44)60-53(59-51)37-17-5-2-6-18-37)54-61-55(63-56(62-54)50-25-13-14-32-58-50)39-29-30-43-42-21-9-12-24-48(42)57(49(43)34-39)46-22-10-7-19-40(46)41-20-8-11-23-47(41)57/h1-34H. The molecule has 2 aliphatic rings. The Hall–Kier alpha value is -8.48. The summed E-state index contributed by atoms with van der Waals surface area (Å²) in [7, 11) is 0. The van der Waals surface area contributed by atoms with Crippen molar-refractivity contribution in [2.24, 2.45) is 0 Å². The Morgan fingerprint density at radius 1 is 0.317 bits per heavy atom. The van der Waals surface area contributed by atoms with Crippen molar-refractivity contribution in [2.45, 2.75) is 5.41 Å². The van der Waals surface area contributed by atoms with Gasteiger partial charge in [0.05, 0.1) is 16.6 Å². The number of hydrogen-bond acceptors (Lipinski definition) is 6. The normalized spacial score (nSPS) is 12.9. The van der Waals surface area contributed by atoms with Gasteiger partial charge in [-0.25, -0.2) is 24.9 Å². The number of rotatable bonds is 5. The molecule has 0 saturated carbocycles. The Labute approximate surface area is 363 Å². The SMILES string of the molecule is c1ccc(-c2nc(-c3ccccc3)c3ccc4ccc(-c5nc(-c6ccc7c(c6)C6(c8ccccc8-c8ccccc86)c6ccccc6-7)nc(-c6ccccn6)n5)cc4c3n2)cc1. The molecule has 3 heterocycles. The van der Waals surface area contributed by atoms with Crippen molar-refractivity contribution in [2.75, 3.05) is 0 Å². The second kappa shape index (κ2) is 13.8. The van der Waals surface area contributed by atoms with Crippen LogP contribution < -0.4 is 0 Å². The van der Waals surface area contributed by atoms with E-state index in [-0.39, 0.29) is 0 Å². The van der Waals surface area contributed by atoms with Crippen LogP contribution >= 0.6 is 0 Å². The summed E-state index contributed by atoms with van der Waals surface area (Å²) >= 11 is 0. The lowest BCUT2D eigenvalue weighted by atomic mass is 9.70. The molecule has 0 fully saturated rings. The largest absolute Gasteiger partial charge is 0.253 e. The monoisotopic (exact) mass is 802 g/mol. The van der Waals surface area contributed by atoms with Gasteiger partial charge >= 0.3 is 0 Å². The Morgan fingerprint density at radius 3 is 1.49 bits per heavy atom. The van der Waals surface area contributed by atoms with Crippen molar-refractivity contribution in [3.05, 3.63) is 229 Å². The van der Waals surface area contributed by atoms with Crippen LogP contribution in [0.2, 0.25) is 0 Å². The molecule has 2 aliphatic carbocycles. The molecule has 6 heteroatoms. The third-order valence-electron chi connectivity index (χ3n) is 12.8. The smallest absolute Gasteiger partial charge is 0.182 e. The van der Waals surface area contributed by atoms with Gasteiger partial charge in [0.25, 0.3) is 0 Å². The molecule has 8 aromatic carbocycles. The minimum Gasteiger partial charge on any atom is -0.253 e. The molecule has 0 bridgehead atoms. The van der Waals surface area contributed by atoms with Gasteiger partial charge in [0.15, 0.2) is 23.3 Å². The first-order valence-corrected chi connectivity index (χ1v) is 21.2. The highest BCUT2D eigenvalue weighted by molar-refractivity contribution is 6.10. The van der Waals surface area contributed by atoms with Crippen molar-refractivity contribution in [1.82, 2.24) is 29.9 Å². The molecular weight excluding hydrogens is 769 g/mol. The van der Waals surface area contributed by atoms with Crippen molar-refractivity contribution in [3.8, 4) is 79.2 Å². The Kier molecular flexibility index (Phi) is 7.72. The molecule has 0 radical (unpaired) electrons. The lowest BCUT2D eigenvalue weighted by Crippen LogP contribution is -2.25. The maximum absolute atomic E-state index is 5.31. The van der Waals surface area contributed by atoms with E-state index in [1.807, 2.05) is 54.6 Å². The zero-order valence-electron chi connectivity index (χ0n) is 33.8. The second-order valence-corrected chi connectivity index (χ2v) is 16.2. The van der Waals surface area contributed by atoms with E-state index in [2.05, 4.69) is 146 Å². The first-order valence-electron chi connectivity index (χ1n) is 21.2. The molecule has 0 unspecified atom stereocenters. The summed E-state index contributed by atoms with van der Waals surface area (Å²) in [6.45, 7) is 0. The van der Waals surface area contributed by atoms with Crippen molar-refractivity contribution in [3.63, 3.8) is 0 Å². The van der Waals surface area contributed by atoms with Gasteiger partial charge < -0.3 is 0 Å². The molecule has 0 saturated heterocycles. The van der Waals surface area contributed by atoms with Gasteiger partial charge in [0.2, 0.25) is 0 Å². The molecule has 3 aromatic heterocycles. The maximum atomic E-state index is 5.31. The molecule has 11 aromatic rings. The molecule has 13 rings (SSSR count). The van der Waals surface area contributed by atoms with E-state index in [9.17, 15) is 0 Å². The first-order chi connectivity index (χ1) is 31.2. The molecule has 0 N–H and O–H groups in total. The Morgan fingerprint density at radius 2 is 0.841 bits per heavy atom. The minimum atomic E-state index is -0.493. The van der Waals surface area contributed by atoms with E-state index >= 15 is 0 Å². The van der Waals surface area contributed by atoms with Crippen LogP contribution in [0.3, 0.4) is 0 Å². The van der Waals surface area contributed by atoms with Gasteiger partial charge in [-0.3, -0.25) is 4.98 Å². The lowest BCUT2D eigenvalue weighted by Gasteiger charge is -2.30. The average Bonchev–Trinajstić information content (AvgIpc) is 3.83. The first kappa shape index (κ1) is 35.3. The van der Waals surface area contributed by atoms with E-state index in [4.69, 9.17) is 29.9 Å². The fourth-order valence-electron chi connectivity index (χ4n) is 10.1. The average molecular weight is 803 g/mol. The molecule has 63 heavy (non-hydrogen) atoms. The van der Waals surface area contributed by atoms with E-state index in [1.165, 1.54) is 44.5 Å². The van der Waals surface area contributed by atoms with Crippen molar-refractivity contribution < 1.29 is 0 Å². The highest BCUT2D eigenvalue weighted by Gasteiger charge is 2.51. The Balaban J connectivity index is 1.03. The number of pyridine rings is 1. The number of aromatic nitrogens is 6. The van der Waals surface area contributed by atoms with Gasteiger partial charge in [-0.05, 0) is 80.2 Å². The zero-order chi connectivity index (χ0) is 41.5. The second-order valence-electron chi connectivity index (χ2n) is 16.2. The number of fused-ring (bicyclic) bond motifs is 13. The summed E-state index contributed by atoms with van der Waals surface area (Å²) in [5.74, 6) is 2.30. The topological polar surface area (TPSA) is 77.3 Å². The highest BCUT2D eigenvalue weighted by Crippen LogP contribution is 2.63. The van der Waals surface area contributed by atoms with Crippen LogP contribution in [-0.2, 0) is 5.41 Å². The molecule has 0 aliphatic heterocycles. The van der Waals surface area contributed by atoms with E-state index in [0.29, 0.717) is 29.0 Å². The molecule has 0 amide bonds. The van der Waals surface area contributed by atoms with Gasteiger partial charge in [0.1, 0.15) is 5.69 Å². The third kappa shape index (κ3) is 5.31. The lowest BCUT2D eigenvalue weighted by molar-refractivity contribution is 0.794. The summed E-state index contributed by atoms with van der Waals surface area (Å²) in [4.78, 5) is 30.8. The fraction of sp³-hybridized carbons (Fsp3) is 0.0175. The van der Waals surface area contributed by atoms with Gasteiger partial charge in [0, 0.05) is 39.2 Å². The quantitative estimate of drug-likeness (QED) is 0.161. The summed E-state index contributed by atoms with van der Waals surface area (Å²) < 4.78 is 0. The molecule has 292 valence electrons. The fourth-order valence-corrected chi connectivity index (χ4v) is 10.1. The van der Waals surface area contributed by atoms with Gasteiger partial charge in [-0.1, -0.05) is 170 Å². The molecule has 6 nitrogen and oxygen atoms in total. The van der Waals surface area contributed by atoms with E-state index < -0.39 is 5.41 Å². The van der Waals surface area contributed by atoms with Crippen LogP contribution in [0.15, 0.2) is 206 Å². The van der Waals surface area contributed by atoms with E-state index in [0.717, 1.165) is 49.6 Å². The van der Waals surface area contributed by atoms with Crippen LogP contribution in [0.4, 0.5) is 0 Å². The number of benzene rings is 8. The van der Waals surface area contributed by atoms with Gasteiger partial charge in [-0.2, -0.15) is 0 Å². The molecule has 1 spiro atoms. The van der Waals surface area contributed by atoms with Crippen molar-refractivity contribution >= 4 is 21.7 Å². The zero-order valence-corrected chi connectivity index (χ0v) is 33.8. The molecule has 0 atom stereocenters. The summed E-state index contributed by atoms with van der Waals surface area (Å²) in [6, 6.07) is 70.3. The highest BCUT2D eigenvalue weighted by atomic mass is 15.0. The minimum absolute atomic E-state index is 0.493. The Bertz CT molecular complexity index is 3560. The van der Waals surface area contributed by atoms with Crippen LogP contribution in [0.5, 0.6) is 0 Å². The summed E-state index contributed by atoms with van der Waals surface area (Å²) in [5.41, 5.74) is 15.7. The van der Waals surface area contributed by atoms with E-state index in [1.54, 1.807) is 6.20 Å². The van der Waals surface area contributed by atoms with Crippen LogP contribution in [-0.4, -0.2) is 29.9 Å². The van der Waals surface area contributed by atoms with Crippen molar-refractivity contribution in [1.29, 1.82) is 0 Å². The predicted molar refractivity (Wildman–Crippen MR) is 252 cm³/mol. The maximum Gasteiger partial charge on any atom is 0.182 e. The third-order valence-corrected chi connectivity index (χ3v) is 12.8. The summed E-state index contributed by atoms with van der Waals surface area (Å²) in [6.07, 6.45) is 1.78. The number of hydrogen-bond donors (Lipinski definition) is 0. The predicted octanol–water partition coefficient (Wildman–Crippen LogP) is 13.0. The van der Waals surface area contributed by atoms with Crippen LogP contribution in [0.1, 0.15) is 22.3 Å². The van der Waals surface area contributed by atoms with Crippen LogP contribution in [0.25, 0.3) is 101 Å². The van der Waals surface area contributed by atoms with Crippen LogP contribution in [0, 0.1) is 0 Å². The van der Waals surface area contributed by atoms with Gasteiger partial charge in [-0.15, -0.1) is 0 Å². The number of nitrogens with zero attached hydrogens (tertiary/aromatic N) is 6.